The van der Waals surface area contributed by atoms with Gasteiger partial charge in [0.15, 0.2) is 0 Å². The van der Waals surface area contributed by atoms with Gasteiger partial charge in [-0.05, 0) is 34.7 Å². The maximum atomic E-state index is 12.3. The van der Waals surface area contributed by atoms with Crippen LogP contribution in [0.4, 0.5) is 5.69 Å². The van der Waals surface area contributed by atoms with Gasteiger partial charge in [-0.2, -0.15) is 0 Å². The predicted molar refractivity (Wildman–Crippen MR) is 95.6 cm³/mol. The van der Waals surface area contributed by atoms with Crippen LogP contribution in [0.1, 0.15) is 13.8 Å². The summed E-state index contributed by atoms with van der Waals surface area (Å²) in [4.78, 5) is 18.2. The average molecular weight is 415 g/mol. The molecule has 0 aliphatic heterocycles. The largest absolute Gasteiger partial charge is 0.313 e. The van der Waals surface area contributed by atoms with E-state index >= 15 is 0 Å². The molecule has 0 aliphatic rings. The molecule has 1 heterocycles. The van der Waals surface area contributed by atoms with Crippen LogP contribution in [-0.4, -0.2) is 17.9 Å². The lowest BCUT2D eigenvalue weighted by Gasteiger charge is -2.22. The van der Waals surface area contributed by atoms with Crippen molar-refractivity contribution >= 4 is 45.8 Å². The summed E-state index contributed by atoms with van der Waals surface area (Å²) in [5.41, 5.74) is 2.58. The summed E-state index contributed by atoms with van der Waals surface area (Å²) in [5.74, 6) is -0.0281. The molecular formula is C16H16ClIN2O. The maximum Gasteiger partial charge on any atom is 0.229 e. The van der Waals surface area contributed by atoms with E-state index < -0.39 is 0 Å². The number of hydrogen-bond donors (Lipinski definition) is 0. The highest BCUT2D eigenvalue weighted by molar-refractivity contribution is 14.1. The Hall–Kier alpha value is -1.14. The molecule has 21 heavy (non-hydrogen) atoms. The van der Waals surface area contributed by atoms with Crippen LogP contribution in [0.2, 0.25) is 5.02 Å². The van der Waals surface area contributed by atoms with Crippen LogP contribution >= 0.6 is 34.2 Å². The highest BCUT2D eigenvalue weighted by atomic mass is 127. The molecule has 0 radical (unpaired) electrons. The van der Waals surface area contributed by atoms with Crippen LogP contribution in [0.5, 0.6) is 0 Å². The van der Waals surface area contributed by atoms with Gasteiger partial charge in [0.1, 0.15) is 3.70 Å². The molecular weight excluding hydrogens is 399 g/mol. The smallest absolute Gasteiger partial charge is 0.229 e. The highest BCUT2D eigenvalue weighted by Crippen LogP contribution is 2.35. The Kier molecular flexibility index (Phi) is 5.22. The van der Waals surface area contributed by atoms with Gasteiger partial charge in [-0.1, -0.05) is 43.6 Å². The number of rotatable bonds is 3. The van der Waals surface area contributed by atoms with E-state index in [0.717, 1.165) is 20.5 Å². The first kappa shape index (κ1) is 16.2. The van der Waals surface area contributed by atoms with Crippen LogP contribution in [0.15, 0.2) is 36.5 Å². The summed E-state index contributed by atoms with van der Waals surface area (Å²) >= 11 is 8.46. The van der Waals surface area contributed by atoms with E-state index in [1.165, 1.54) is 0 Å². The Morgan fingerprint density at radius 3 is 2.57 bits per heavy atom. The quantitative estimate of drug-likeness (QED) is 0.542. The Balaban J connectivity index is 2.59. The van der Waals surface area contributed by atoms with Gasteiger partial charge in [0.05, 0.1) is 11.9 Å². The molecule has 0 spiro atoms. The second kappa shape index (κ2) is 6.75. The van der Waals surface area contributed by atoms with E-state index in [4.69, 9.17) is 11.6 Å². The lowest BCUT2D eigenvalue weighted by atomic mass is 10.0. The van der Waals surface area contributed by atoms with E-state index in [-0.39, 0.29) is 11.8 Å². The standard InChI is InChI=1S/C16H16ClIN2O/c1-10(2)16(21)20(3)14-9-19-15(18)8-12(14)11-6-4-5-7-13(11)17/h4-10H,1-3H3. The zero-order valence-corrected chi connectivity index (χ0v) is 15.0. The Morgan fingerprint density at radius 1 is 1.29 bits per heavy atom. The van der Waals surface area contributed by atoms with Crippen molar-refractivity contribution in [1.29, 1.82) is 0 Å². The molecule has 0 atom stereocenters. The van der Waals surface area contributed by atoms with Crippen molar-refractivity contribution in [2.45, 2.75) is 13.8 Å². The molecule has 1 amide bonds. The number of aromatic nitrogens is 1. The number of nitrogens with zero attached hydrogens (tertiary/aromatic N) is 2. The molecule has 1 aromatic heterocycles. The van der Waals surface area contributed by atoms with Crippen LogP contribution < -0.4 is 4.90 Å². The van der Waals surface area contributed by atoms with E-state index in [9.17, 15) is 4.79 Å². The molecule has 2 rings (SSSR count). The first-order valence-corrected chi connectivity index (χ1v) is 8.05. The Morgan fingerprint density at radius 2 is 1.95 bits per heavy atom. The van der Waals surface area contributed by atoms with Crippen molar-refractivity contribution < 1.29 is 4.79 Å². The Bertz CT molecular complexity index is 673. The molecule has 5 heteroatoms. The highest BCUT2D eigenvalue weighted by Gasteiger charge is 2.19. The molecule has 2 aromatic rings. The van der Waals surface area contributed by atoms with E-state index in [0.29, 0.717) is 5.02 Å². The number of amides is 1. The van der Waals surface area contributed by atoms with Gasteiger partial charge < -0.3 is 4.90 Å². The summed E-state index contributed by atoms with van der Waals surface area (Å²) in [6.07, 6.45) is 1.72. The van der Waals surface area contributed by atoms with Crippen LogP contribution in [0.3, 0.4) is 0 Å². The van der Waals surface area contributed by atoms with Crippen molar-refractivity contribution in [3.8, 4) is 11.1 Å². The molecule has 0 saturated carbocycles. The third kappa shape index (κ3) is 3.55. The van der Waals surface area contributed by atoms with Gasteiger partial charge in [0.2, 0.25) is 5.91 Å². The molecule has 0 unspecified atom stereocenters. The SMILES string of the molecule is CC(C)C(=O)N(C)c1cnc(I)cc1-c1ccccc1Cl. The zero-order chi connectivity index (χ0) is 15.6. The van der Waals surface area contributed by atoms with Crippen LogP contribution in [0.25, 0.3) is 11.1 Å². The number of carbonyl (C=O) groups is 1. The lowest BCUT2D eigenvalue weighted by Crippen LogP contribution is -2.30. The third-order valence-electron chi connectivity index (χ3n) is 3.20. The summed E-state index contributed by atoms with van der Waals surface area (Å²) in [7, 11) is 1.77. The molecule has 0 aliphatic carbocycles. The number of anilines is 1. The topological polar surface area (TPSA) is 33.2 Å². The van der Waals surface area contributed by atoms with Crippen molar-refractivity contribution in [2.75, 3.05) is 11.9 Å². The fourth-order valence-corrected chi connectivity index (χ4v) is 2.78. The summed E-state index contributed by atoms with van der Waals surface area (Å²) in [6.45, 7) is 3.77. The fraction of sp³-hybridized carbons (Fsp3) is 0.250. The van der Waals surface area contributed by atoms with Crippen molar-refractivity contribution in [1.82, 2.24) is 4.98 Å². The van der Waals surface area contributed by atoms with Crippen LogP contribution in [-0.2, 0) is 4.79 Å². The molecule has 3 nitrogen and oxygen atoms in total. The fourth-order valence-electron chi connectivity index (χ4n) is 2.09. The van der Waals surface area contributed by atoms with Gasteiger partial charge >= 0.3 is 0 Å². The van der Waals surface area contributed by atoms with Gasteiger partial charge in [-0.3, -0.25) is 4.79 Å². The number of benzene rings is 1. The first-order chi connectivity index (χ1) is 9.91. The summed E-state index contributed by atoms with van der Waals surface area (Å²) in [5, 5.41) is 0.658. The Labute approximate surface area is 143 Å². The monoisotopic (exact) mass is 414 g/mol. The minimum atomic E-state index is -0.0756. The van der Waals surface area contributed by atoms with Crippen LogP contribution in [0, 0.1) is 9.62 Å². The number of hydrogen-bond acceptors (Lipinski definition) is 2. The molecule has 0 bridgehead atoms. The van der Waals surface area contributed by atoms with Crippen molar-refractivity contribution in [3.63, 3.8) is 0 Å². The molecule has 0 N–H and O–H groups in total. The molecule has 110 valence electrons. The number of halogens is 2. The average Bonchev–Trinajstić information content (AvgIpc) is 2.46. The minimum Gasteiger partial charge on any atom is -0.313 e. The van der Waals surface area contributed by atoms with Gasteiger partial charge in [0, 0.05) is 29.1 Å². The zero-order valence-electron chi connectivity index (χ0n) is 12.1. The molecule has 0 saturated heterocycles. The number of carbonyl (C=O) groups excluding carboxylic acids is 1. The predicted octanol–water partition coefficient (Wildman–Crippen LogP) is 4.63. The van der Waals surface area contributed by atoms with Crippen molar-refractivity contribution in [3.05, 3.63) is 45.3 Å². The lowest BCUT2D eigenvalue weighted by molar-refractivity contribution is -0.121. The summed E-state index contributed by atoms with van der Waals surface area (Å²) in [6, 6.07) is 9.56. The third-order valence-corrected chi connectivity index (χ3v) is 4.12. The number of pyridine rings is 1. The van der Waals surface area contributed by atoms with E-state index in [1.54, 1.807) is 18.1 Å². The summed E-state index contributed by atoms with van der Waals surface area (Å²) < 4.78 is 0.858. The maximum absolute atomic E-state index is 12.3. The van der Waals surface area contributed by atoms with E-state index in [1.807, 2.05) is 44.2 Å². The first-order valence-electron chi connectivity index (χ1n) is 6.60. The molecule has 0 fully saturated rings. The van der Waals surface area contributed by atoms with Crippen molar-refractivity contribution in [2.24, 2.45) is 5.92 Å². The normalized spacial score (nSPS) is 10.8. The second-order valence-corrected chi connectivity index (χ2v) is 6.57. The van der Waals surface area contributed by atoms with Gasteiger partial charge in [0.25, 0.3) is 0 Å². The minimum absolute atomic E-state index is 0.0475. The van der Waals surface area contributed by atoms with Gasteiger partial charge in [-0.15, -0.1) is 0 Å². The van der Waals surface area contributed by atoms with Gasteiger partial charge in [-0.25, -0.2) is 4.98 Å². The second-order valence-electron chi connectivity index (χ2n) is 5.06. The van der Waals surface area contributed by atoms with E-state index in [2.05, 4.69) is 27.6 Å². The molecule has 1 aromatic carbocycles.